The molecule has 1 aliphatic carbocycles. The Morgan fingerprint density at radius 2 is 2.31 bits per heavy atom. The molecule has 13 heavy (non-hydrogen) atoms. The zero-order valence-electron chi connectivity index (χ0n) is 8.81. The van der Waals surface area contributed by atoms with Crippen LogP contribution in [-0.4, -0.2) is 23.6 Å². The van der Waals surface area contributed by atoms with E-state index in [1.807, 2.05) is 0 Å². The van der Waals surface area contributed by atoms with Gasteiger partial charge >= 0.3 is 0 Å². The fraction of sp³-hybridized carbons (Fsp3) is 0.818. The highest BCUT2D eigenvalue weighted by molar-refractivity contribution is 7.99. The van der Waals surface area contributed by atoms with Gasteiger partial charge in [-0.15, -0.1) is 0 Å². The molecule has 1 aliphatic rings. The number of rotatable bonds is 5. The van der Waals surface area contributed by atoms with E-state index >= 15 is 0 Å². The Morgan fingerprint density at radius 1 is 1.54 bits per heavy atom. The van der Waals surface area contributed by atoms with Crippen LogP contribution < -0.4 is 5.32 Å². The summed E-state index contributed by atoms with van der Waals surface area (Å²) in [5.74, 6) is 1.25. The van der Waals surface area contributed by atoms with Crippen molar-refractivity contribution in [2.75, 3.05) is 12.3 Å². The van der Waals surface area contributed by atoms with Crippen molar-refractivity contribution in [1.29, 1.82) is 0 Å². The summed E-state index contributed by atoms with van der Waals surface area (Å²) in [5, 5.41) is 4.45. The molecule has 0 aromatic rings. The van der Waals surface area contributed by atoms with Crippen molar-refractivity contribution in [2.24, 2.45) is 0 Å². The summed E-state index contributed by atoms with van der Waals surface area (Å²) in [5.41, 5.74) is 1.24. The number of nitrogens with one attached hydrogen (secondary N) is 1. The van der Waals surface area contributed by atoms with Gasteiger partial charge in [-0.25, -0.2) is 0 Å². The minimum absolute atomic E-state index is 0.738. The number of thioether (sulfide) groups is 1. The fourth-order valence-corrected chi connectivity index (χ4v) is 3.10. The molecule has 76 valence electrons. The Bertz CT molecular complexity index is 167. The Hall–Kier alpha value is 0.0500. The van der Waals surface area contributed by atoms with Crippen molar-refractivity contribution >= 4 is 11.8 Å². The van der Waals surface area contributed by atoms with Gasteiger partial charge < -0.3 is 5.32 Å². The van der Waals surface area contributed by atoms with Crippen molar-refractivity contribution in [3.63, 3.8) is 0 Å². The SMILES string of the molecule is C=C(C)CNC1CCCC1SCC. The second-order valence-electron chi connectivity index (χ2n) is 3.87. The minimum atomic E-state index is 0.738. The molecule has 1 nitrogen and oxygen atoms in total. The summed E-state index contributed by atoms with van der Waals surface area (Å²) in [6.07, 6.45) is 4.14. The molecule has 1 saturated carbocycles. The molecule has 2 unspecified atom stereocenters. The zero-order chi connectivity index (χ0) is 9.68. The summed E-state index contributed by atoms with van der Waals surface area (Å²) in [6.45, 7) is 9.25. The molecule has 1 rings (SSSR count). The first-order chi connectivity index (χ1) is 6.24. The van der Waals surface area contributed by atoms with Crippen LogP contribution >= 0.6 is 11.8 Å². The van der Waals surface area contributed by atoms with E-state index in [9.17, 15) is 0 Å². The lowest BCUT2D eigenvalue weighted by Crippen LogP contribution is -2.35. The summed E-state index contributed by atoms with van der Waals surface area (Å²) < 4.78 is 0. The molecule has 0 radical (unpaired) electrons. The lowest BCUT2D eigenvalue weighted by molar-refractivity contribution is 0.558. The molecule has 1 fully saturated rings. The van der Waals surface area contributed by atoms with E-state index in [4.69, 9.17) is 0 Å². The molecule has 0 heterocycles. The number of hydrogen-bond donors (Lipinski definition) is 1. The maximum atomic E-state index is 3.92. The summed E-state index contributed by atoms with van der Waals surface area (Å²) in [4.78, 5) is 0. The standard InChI is InChI=1S/C11H21NS/c1-4-13-11-7-5-6-10(11)12-8-9(2)3/h10-12H,2,4-8H2,1,3H3. The molecular weight excluding hydrogens is 178 g/mol. The van der Waals surface area contributed by atoms with E-state index in [2.05, 4.69) is 37.5 Å². The van der Waals surface area contributed by atoms with Gasteiger partial charge in [-0.1, -0.05) is 25.5 Å². The zero-order valence-corrected chi connectivity index (χ0v) is 9.62. The van der Waals surface area contributed by atoms with Gasteiger partial charge in [0.1, 0.15) is 0 Å². The van der Waals surface area contributed by atoms with Crippen LogP contribution in [0.25, 0.3) is 0 Å². The number of hydrogen-bond acceptors (Lipinski definition) is 2. The van der Waals surface area contributed by atoms with E-state index < -0.39 is 0 Å². The molecule has 2 atom stereocenters. The largest absolute Gasteiger partial charge is 0.309 e. The highest BCUT2D eigenvalue weighted by Gasteiger charge is 2.26. The molecular formula is C11H21NS. The van der Waals surface area contributed by atoms with Gasteiger partial charge in [-0.05, 0) is 25.5 Å². The predicted octanol–water partition coefficient (Wildman–Crippen LogP) is 2.83. The van der Waals surface area contributed by atoms with E-state index in [1.54, 1.807) is 0 Å². The first-order valence-electron chi connectivity index (χ1n) is 5.23. The molecule has 2 heteroatoms. The Kier molecular flexibility index (Phi) is 4.89. The van der Waals surface area contributed by atoms with Crippen molar-refractivity contribution in [1.82, 2.24) is 5.32 Å². The van der Waals surface area contributed by atoms with Gasteiger partial charge in [0.2, 0.25) is 0 Å². The highest BCUT2D eigenvalue weighted by Crippen LogP contribution is 2.29. The molecule has 0 saturated heterocycles. The average molecular weight is 199 g/mol. The van der Waals surface area contributed by atoms with E-state index in [1.165, 1.54) is 30.6 Å². The van der Waals surface area contributed by atoms with Gasteiger partial charge in [0, 0.05) is 17.8 Å². The third-order valence-corrected chi connectivity index (χ3v) is 3.83. The molecule has 0 spiro atoms. The highest BCUT2D eigenvalue weighted by atomic mass is 32.2. The Labute approximate surface area is 86.4 Å². The molecule has 0 aromatic carbocycles. The summed E-state index contributed by atoms with van der Waals surface area (Å²) in [7, 11) is 0. The normalized spacial score (nSPS) is 27.8. The molecule has 1 N–H and O–H groups in total. The topological polar surface area (TPSA) is 12.0 Å². The van der Waals surface area contributed by atoms with E-state index in [0.717, 1.165) is 17.8 Å². The smallest absolute Gasteiger partial charge is 0.0201 e. The van der Waals surface area contributed by atoms with Crippen LogP contribution in [0.4, 0.5) is 0 Å². The maximum absolute atomic E-state index is 3.92. The van der Waals surface area contributed by atoms with Crippen molar-refractivity contribution in [3.05, 3.63) is 12.2 Å². The maximum Gasteiger partial charge on any atom is 0.0201 e. The Morgan fingerprint density at radius 3 is 2.92 bits per heavy atom. The van der Waals surface area contributed by atoms with Crippen LogP contribution in [0.5, 0.6) is 0 Å². The van der Waals surface area contributed by atoms with Crippen LogP contribution in [0, 0.1) is 0 Å². The summed E-state index contributed by atoms with van der Waals surface area (Å²) in [6, 6.07) is 0.738. The van der Waals surface area contributed by atoms with Crippen LogP contribution in [0.2, 0.25) is 0 Å². The van der Waals surface area contributed by atoms with Crippen molar-refractivity contribution < 1.29 is 0 Å². The third kappa shape index (κ3) is 3.74. The van der Waals surface area contributed by atoms with Crippen molar-refractivity contribution in [3.8, 4) is 0 Å². The second kappa shape index (κ2) is 5.71. The Balaban J connectivity index is 2.26. The van der Waals surface area contributed by atoms with Gasteiger partial charge in [0.25, 0.3) is 0 Å². The third-order valence-electron chi connectivity index (χ3n) is 2.50. The van der Waals surface area contributed by atoms with Crippen LogP contribution in [0.1, 0.15) is 33.1 Å². The van der Waals surface area contributed by atoms with Gasteiger partial charge in [-0.2, -0.15) is 11.8 Å². The van der Waals surface area contributed by atoms with Gasteiger partial charge in [0.15, 0.2) is 0 Å². The summed E-state index contributed by atoms with van der Waals surface area (Å²) >= 11 is 2.11. The van der Waals surface area contributed by atoms with Gasteiger partial charge in [-0.3, -0.25) is 0 Å². The van der Waals surface area contributed by atoms with Crippen LogP contribution in [0.3, 0.4) is 0 Å². The van der Waals surface area contributed by atoms with E-state index in [-0.39, 0.29) is 0 Å². The minimum Gasteiger partial charge on any atom is -0.309 e. The molecule has 0 aromatic heterocycles. The second-order valence-corrected chi connectivity index (χ2v) is 5.39. The van der Waals surface area contributed by atoms with Crippen LogP contribution in [0.15, 0.2) is 12.2 Å². The molecule has 0 aliphatic heterocycles. The lowest BCUT2D eigenvalue weighted by atomic mass is 10.2. The molecule has 0 bridgehead atoms. The monoisotopic (exact) mass is 199 g/mol. The first-order valence-corrected chi connectivity index (χ1v) is 6.28. The fourth-order valence-electron chi connectivity index (χ4n) is 1.88. The van der Waals surface area contributed by atoms with E-state index in [0.29, 0.717) is 0 Å². The quantitative estimate of drug-likeness (QED) is 0.683. The van der Waals surface area contributed by atoms with Crippen LogP contribution in [-0.2, 0) is 0 Å². The van der Waals surface area contributed by atoms with Gasteiger partial charge in [0.05, 0.1) is 0 Å². The average Bonchev–Trinajstić information content (AvgIpc) is 2.49. The molecule has 0 amide bonds. The predicted molar refractivity (Wildman–Crippen MR) is 62.4 cm³/mol. The lowest BCUT2D eigenvalue weighted by Gasteiger charge is -2.20. The van der Waals surface area contributed by atoms with Crippen molar-refractivity contribution in [2.45, 2.75) is 44.4 Å². The first kappa shape index (κ1) is 11.1.